The van der Waals surface area contributed by atoms with E-state index in [9.17, 15) is 4.79 Å². The summed E-state index contributed by atoms with van der Waals surface area (Å²) in [5.74, 6) is 0.602. The van der Waals surface area contributed by atoms with Gasteiger partial charge in [0.05, 0.1) is 11.4 Å². The first-order valence-corrected chi connectivity index (χ1v) is 4.04. The number of fused-ring (bicyclic) bond motifs is 1. The third kappa shape index (κ3) is 1.30. The summed E-state index contributed by atoms with van der Waals surface area (Å²) in [4.78, 5) is 11.0. The van der Waals surface area contributed by atoms with Crippen LogP contribution in [0.1, 0.15) is 0 Å². The fraction of sp³-hybridized carbons (Fsp3) is 0.222. The quantitative estimate of drug-likeness (QED) is 0.676. The van der Waals surface area contributed by atoms with E-state index in [0.29, 0.717) is 5.75 Å². The molecular weight excluding hydrogens is 168 g/mol. The molecule has 1 aliphatic rings. The highest BCUT2D eigenvalue weighted by Crippen LogP contribution is 2.34. The molecule has 0 aromatic heterocycles. The minimum atomic E-state index is -0.110. The molecular formula is C9H10N2O2. The summed E-state index contributed by atoms with van der Waals surface area (Å²) in [6.45, 7) is 0.0890. The average molecular weight is 178 g/mol. The molecule has 0 spiro atoms. The number of rotatable bonds is 1. The first-order valence-electron chi connectivity index (χ1n) is 4.04. The van der Waals surface area contributed by atoms with Crippen LogP contribution in [0.25, 0.3) is 0 Å². The minimum Gasteiger partial charge on any atom is -0.479 e. The molecule has 13 heavy (non-hydrogen) atoms. The van der Waals surface area contributed by atoms with Crippen LogP contribution in [-0.2, 0) is 4.79 Å². The van der Waals surface area contributed by atoms with Crippen LogP contribution < -0.4 is 15.4 Å². The predicted octanol–water partition coefficient (Wildman–Crippen LogP) is 1.06. The van der Waals surface area contributed by atoms with Gasteiger partial charge in [0.15, 0.2) is 12.4 Å². The molecule has 0 bridgehead atoms. The van der Waals surface area contributed by atoms with Gasteiger partial charge in [-0.2, -0.15) is 0 Å². The van der Waals surface area contributed by atoms with Gasteiger partial charge in [-0.15, -0.1) is 0 Å². The van der Waals surface area contributed by atoms with E-state index >= 15 is 0 Å². The lowest BCUT2D eigenvalue weighted by Crippen LogP contribution is -2.25. The van der Waals surface area contributed by atoms with Gasteiger partial charge in [-0.05, 0) is 12.1 Å². The van der Waals surface area contributed by atoms with Crippen LogP contribution in [0.3, 0.4) is 0 Å². The van der Waals surface area contributed by atoms with E-state index in [4.69, 9.17) is 4.74 Å². The van der Waals surface area contributed by atoms with Crippen molar-refractivity contribution in [2.24, 2.45) is 0 Å². The van der Waals surface area contributed by atoms with E-state index in [1.165, 1.54) is 0 Å². The molecule has 1 heterocycles. The largest absolute Gasteiger partial charge is 0.479 e. The second-order valence-corrected chi connectivity index (χ2v) is 2.77. The molecule has 0 unspecified atom stereocenters. The van der Waals surface area contributed by atoms with Crippen LogP contribution in [-0.4, -0.2) is 19.6 Å². The van der Waals surface area contributed by atoms with Crippen LogP contribution >= 0.6 is 0 Å². The number of hydrogen-bond donors (Lipinski definition) is 2. The van der Waals surface area contributed by atoms with Crippen molar-refractivity contribution in [3.05, 3.63) is 18.2 Å². The Morgan fingerprint density at radius 1 is 1.54 bits per heavy atom. The monoisotopic (exact) mass is 178 g/mol. The SMILES string of the molecule is CNc1cccc2c1OCC(=O)N2. The van der Waals surface area contributed by atoms with Gasteiger partial charge in [0.25, 0.3) is 5.91 Å². The summed E-state index contributed by atoms with van der Waals surface area (Å²) in [6.07, 6.45) is 0. The van der Waals surface area contributed by atoms with Crippen molar-refractivity contribution in [2.75, 3.05) is 24.3 Å². The second kappa shape index (κ2) is 2.97. The summed E-state index contributed by atoms with van der Waals surface area (Å²) in [5.41, 5.74) is 1.61. The maximum absolute atomic E-state index is 11.0. The molecule has 1 aromatic rings. The first-order chi connectivity index (χ1) is 6.31. The summed E-state index contributed by atoms with van der Waals surface area (Å²) >= 11 is 0. The van der Waals surface area contributed by atoms with Gasteiger partial charge < -0.3 is 15.4 Å². The fourth-order valence-corrected chi connectivity index (χ4v) is 1.31. The fourth-order valence-electron chi connectivity index (χ4n) is 1.31. The maximum Gasteiger partial charge on any atom is 0.262 e. The van der Waals surface area contributed by atoms with E-state index in [1.807, 2.05) is 25.2 Å². The third-order valence-electron chi connectivity index (χ3n) is 1.91. The molecule has 4 heteroatoms. The standard InChI is InChI=1S/C9H10N2O2/c1-10-6-3-2-4-7-9(6)13-5-8(12)11-7/h2-4,10H,5H2,1H3,(H,11,12). The van der Waals surface area contributed by atoms with Crippen molar-refractivity contribution in [1.29, 1.82) is 0 Å². The molecule has 0 atom stereocenters. The van der Waals surface area contributed by atoms with E-state index < -0.39 is 0 Å². The van der Waals surface area contributed by atoms with E-state index in [0.717, 1.165) is 11.4 Å². The van der Waals surface area contributed by atoms with E-state index in [2.05, 4.69) is 10.6 Å². The van der Waals surface area contributed by atoms with Gasteiger partial charge in [-0.3, -0.25) is 4.79 Å². The topological polar surface area (TPSA) is 50.4 Å². The second-order valence-electron chi connectivity index (χ2n) is 2.77. The Balaban J connectivity index is 2.45. The van der Waals surface area contributed by atoms with Gasteiger partial charge >= 0.3 is 0 Å². The van der Waals surface area contributed by atoms with Gasteiger partial charge in [-0.1, -0.05) is 6.07 Å². The molecule has 0 radical (unpaired) electrons. The highest BCUT2D eigenvalue weighted by Gasteiger charge is 2.17. The highest BCUT2D eigenvalue weighted by atomic mass is 16.5. The zero-order valence-corrected chi connectivity index (χ0v) is 7.26. The summed E-state index contributed by atoms with van der Waals surface area (Å²) in [5, 5.41) is 5.72. The first kappa shape index (κ1) is 7.91. The van der Waals surface area contributed by atoms with Crippen molar-refractivity contribution in [3.8, 4) is 5.75 Å². The number of carbonyl (C=O) groups is 1. The smallest absolute Gasteiger partial charge is 0.262 e. The number of hydrogen-bond acceptors (Lipinski definition) is 3. The van der Waals surface area contributed by atoms with Crippen LogP contribution in [0.5, 0.6) is 5.75 Å². The van der Waals surface area contributed by atoms with Crippen LogP contribution in [0, 0.1) is 0 Å². The van der Waals surface area contributed by atoms with E-state index in [1.54, 1.807) is 0 Å². The number of nitrogens with one attached hydrogen (secondary N) is 2. The Bertz CT molecular complexity index is 349. The van der Waals surface area contributed by atoms with Gasteiger partial charge in [0.2, 0.25) is 0 Å². The van der Waals surface area contributed by atoms with Crippen molar-refractivity contribution in [1.82, 2.24) is 0 Å². The van der Waals surface area contributed by atoms with Crippen molar-refractivity contribution >= 4 is 17.3 Å². The molecule has 4 nitrogen and oxygen atoms in total. The van der Waals surface area contributed by atoms with Crippen LogP contribution in [0.2, 0.25) is 0 Å². The normalized spacial score (nSPS) is 14.1. The molecule has 0 aliphatic carbocycles. The molecule has 0 saturated carbocycles. The zero-order chi connectivity index (χ0) is 9.26. The highest BCUT2D eigenvalue weighted by molar-refractivity contribution is 5.97. The minimum absolute atomic E-state index is 0.0890. The summed E-state index contributed by atoms with van der Waals surface area (Å²) in [7, 11) is 1.81. The van der Waals surface area contributed by atoms with Gasteiger partial charge in [0.1, 0.15) is 0 Å². The number of amides is 1. The molecule has 1 aromatic carbocycles. The third-order valence-corrected chi connectivity index (χ3v) is 1.91. The average Bonchev–Trinajstić information content (AvgIpc) is 2.16. The Labute approximate surface area is 75.9 Å². The van der Waals surface area contributed by atoms with Crippen LogP contribution in [0.15, 0.2) is 18.2 Å². The lowest BCUT2D eigenvalue weighted by atomic mass is 10.2. The van der Waals surface area contributed by atoms with Crippen molar-refractivity contribution in [3.63, 3.8) is 0 Å². The molecule has 0 fully saturated rings. The Morgan fingerprint density at radius 2 is 2.38 bits per heavy atom. The van der Waals surface area contributed by atoms with E-state index in [-0.39, 0.29) is 12.5 Å². The summed E-state index contributed by atoms with van der Waals surface area (Å²) in [6, 6.07) is 5.57. The molecule has 2 rings (SSSR count). The number of benzene rings is 1. The number of ether oxygens (including phenoxy) is 1. The molecule has 68 valence electrons. The Morgan fingerprint density at radius 3 is 3.15 bits per heavy atom. The van der Waals surface area contributed by atoms with Crippen molar-refractivity contribution < 1.29 is 9.53 Å². The molecule has 1 aliphatic heterocycles. The molecule has 2 N–H and O–H groups in total. The zero-order valence-electron chi connectivity index (χ0n) is 7.26. The predicted molar refractivity (Wildman–Crippen MR) is 50.1 cm³/mol. The molecule has 0 saturated heterocycles. The number of para-hydroxylation sites is 1. The van der Waals surface area contributed by atoms with Gasteiger partial charge in [0, 0.05) is 7.05 Å². The van der Waals surface area contributed by atoms with Crippen molar-refractivity contribution in [2.45, 2.75) is 0 Å². The lowest BCUT2D eigenvalue weighted by molar-refractivity contribution is -0.118. The lowest BCUT2D eigenvalue weighted by Gasteiger charge is -2.20. The van der Waals surface area contributed by atoms with Crippen LogP contribution in [0.4, 0.5) is 11.4 Å². The maximum atomic E-state index is 11.0. The van der Waals surface area contributed by atoms with Gasteiger partial charge in [-0.25, -0.2) is 0 Å². The Kier molecular flexibility index (Phi) is 1.81. The number of carbonyl (C=O) groups excluding carboxylic acids is 1. The Hall–Kier alpha value is -1.71. The summed E-state index contributed by atoms with van der Waals surface area (Å²) < 4.78 is 5.28. The number of anilines is 2. The molecule has 1 amide bonds.